The largest absolute Gasteiger partial charge is 0.496 e. The van der Waals surface area contributed by atoms with E-state index in [-0.39, 0.29) is 24.9 Å². The monoisotopic (exact) mass is 397 g/mol. The molecule has 0 aliphatic heterocycles. The van der Waals surface area contributed by atoms with E-state index in [0.29, 0.717) is 17.1 Å². The van der Waals surface area contributed by atoms with Gasteiger partial charge < -0.3 is 24.1 Å². The average Bonchev–Trinajstić information content (AvgIpc) is 3.25. The van der Waals surface area contributed by atoms with Crippen LogP contribution in [0.5, 0.6) is 11.5 Å². The number of ether oxygens (including phenoxy) is 3. The summed E-state index contributed by atoms with van der Waals surface area (Å²) >= 11 is 0. The predicted molar refractivity (Wildman–Crippen MR) is 101 cm³/mol. The smallest absolute Gasteiger partial charge is 0.337 e. The number of nitrogens with one attached hydrogen (secondary N) is 1. The van der Waals surface area contributed by atoms with Gasteiger partial charge in [0.2, 0.25) is 5.82 Å². The lowest BCUT2D eigenvalue weighted by molar-refractivity contribution is 0.0600. The van der Waals surface area contributed by atoms with E-state index in [9.17, 15) is 9.59 Å². The van der Waals surface area contributed by atoms with Gasteiger partial charge in [-0.3, -0.25) is 4.79 Å². The fraction of sp³-hybridized carbons (Fsp3) is 0.200. The minimum atomic E-state index is -0.503. The van der Waals surface area contributed by atoms with Crippen molar-refractivity contribution < 1.29 is 28.3 Å². The van der Waals surface area contributed by atoms with Gasteiger partial charge >= 0.3 is 17.8 Å². The lowest BCUT2D eigenvalue weighted by Gasteiger charge is -2.07. The van der Waals surface area contributed by atoms with Gasteiger partial charge in [-0.05, 0) is 30.3 Å². The number of carbonyl (C=O) groups excluding carboxylic acids is 2. The number of carbonyl (C=O) groups is 2. The molecule has 3 aromatic rings. The van der Waals surface area contributed by atoms with Crippen LogP contribution in [0.1, 0.15) is 32.4 Å². The molecule has 0 bridgehead atoms. The topological polar surface area (TPSA) is 113 Å². The molecule has 3 rings (SSSR count). The van der Waals surface area contributed by atoms with E-state index in [4.69, 9.17) is 14.0 Å². The number of aromatic nitrogens is 2. The van der Waals surface area contributed by atoms with E-state index in [2.05, 4.69) is 20.2 Å². The summed E-state index contributed by atoms with van der Waals surface area (Å²) in [6.07, 6.45) is 0. The number of amides is 1. The molecule has 9 heteroatoms. The first-order valence-corrected chi connectivity index (χ1v) is 8.64. The van der Waals surface area contributed by atoms with E-state index in [0.717, 1.165) is 5.56 Å². The Morgan fingerprint density at radius 2 is 1.83 bits per heavy atom. The standard InChI is InChI=1S/C20H19N3O6/c1-26-16-6-4-3-5-14(16)11-21-18(24)19-22-17(23-29-19)12-28-15-9-7-13(8-10-15)20(25)27-2/h3-10H,11-12H2,1-2H3,(H,21,24). The van der Waals surface area contributed by atoms with E-state index >= 15 is 0 Å². The Balaban J connectivity index is 1.53. The highest BCUT2D eigenvalue weighted by molar-refractivity contribution is 5.89. The number of nitrogens with zero attached hydrogens (tertiary/aromatic N) is 2. The lowest BCUT2D eigenvalue weighted by atomic mass is 10.2. The molecule has 150 valence electrons. The van der Waals surface area contributed by atoms with Gasteiger partial charge in [-0.15, -0.1) is 0 Å². The van der Waals surface area contributed by atoms with Crippen LogP contribution < -0.4 is 14.8 Å². The number of methoxy groups -OCH3 is 2. The number of esters is 1. The van der Waals surface area contributed by atoms with Crippen LogP contribution in [0.3, 0.4) is 0 Å². The predicted octanol–water partition coefficient (Wildman–Crippen LogP) is 2.37. The minimum Gasteiger partial charge on any atom is -0.496 e. The second kappa shape index (κ2) is 9.36. The maximum atomic E-state index is 12.2. The van der Waals surface area contributed by atoms with Crippen molar-refractivity contribution in [3.8, 4) is 11.5 Å². The molecule has 1 aromatic heterocycles. The van der Waals surface area contributed by atoms with Crippen LogP contribution in [0.25, 0.3) is 0 Å². The molecule has 0 aliphatic carbocycles. The van der Waals surface area contributed by atoms with Crippen molar-refractivity contribution in [3.63, 3.8) is 0 Å². The number of benzene rings is 2. The molecule has 1 heterocycles. The Bertz CT molecular complexity index is 984. The van der Waals surface area contributed by atoms with E-state index in [1.807, 2.05) is 18.2 Å². The third-order valence-electron chi connectivity index (χ3n) is 3.94. The lowest BCUT2D eigenvalue weighted by Crippen LogP contribution is -2.23. The van der Waals surface area contributed by atoms with Gasteiger partial charge in [0, 0.05) is 12.1 Å². The second-order valence-corrected chi connectivity index (χ2v) is 5.81. The molecule has 2 aromatic carbocycles. The van der Waals surface area contributed by atoms with Gasteiger partial charge in [-0.2, -0.15) is 4.98 Å². The molecule has 9 nitrogen and oxygen atoms in total. The van der Waals surface area contributed by atoms with Gasteiger partial charge in [-0.25, -0.2) is 4.79 Å². The summed E-state index contributed by atoms with van der Waals surface area (Å²) in [5, 5.41) is 6.43. The SMILES string of the molecule is COC(=O)c1ccc(OCc2noc(C(=O)NCc3ccccc3OC)n2)cc1. The summed E-state index contributed by atoms with van der Waals surface area (Å²) in [5.41, 5.74) is 1.23. The highest BCUT2D eigenvalue weighted by Crippen LogP contribution is 2.17. The molecular weight excluding hydrogens is 378 g/mol. The van der Waals surface area contributed by atoms with Crippen molar-refractivity contribution >= 4 is 11.9 Å². The molecule has 0 fully saturated rings. The molecule has 0 atom stereocenters. The Labute approximate surface area is 166 Å². The summed E-state index contributed by atoms with van der Waals surface area (Å²) in [4.78, 5) is 27.6. The maximum Gasteiger partial charge on any atom is 0.337 e. The van der Waals surface area contributed by atoms with Gasteiger partial charge in [0.1, 0.15) is 11.5 Å². The van der Waals surface area contributed by atoms with Crippen LogP contribution in [-0.4, -0.2) is 36.2 Å². The zero-order valence-electron chi connectivity index (χ0n) is 15.9. The number of hydrogen-bond donors (Lipinski definition) is 1. The first-order chi connectivity index (χ1) is 14.1. The number of hydrogen-bond acceptors (Lipinski definition) is 8. The van der Waals surface area contributed by atoms with Crippen LogP contribution in [0, 0.1) is 0 Å². The van der Waals surface area contributed by atoms with Crippen molar-refractivity contribution in [2.24, 2.45) is 0 Å². The molecule has 0 unspecified atom stereocenters. The summed E-state index contributed by atoms with van der Waals surface area (Å²) in [5.74, 6) is 0.287. The molecule has 1 N–H and O–H groups in total. The Morgan fingerprint density at radius 3 is 2.55 bits per heavy atom. The third-order valence-corrected chi connectivity index (χ3v) is 3.94. The van der Waals surface area contributed by atoms with Gasteiger partial charge in [0.15, 0.2) is 6.61 Å². The molecular formula is C20H19N3O6. The third kappa shape index (κ3) is 5.10. The summed E-state index contributed by atoms with van der Waals surface area (Å²) in [7, 11) is 2.88. The van der Waals surface area contributed by atoms with Crippen molar-refractivity contribution in [2.75, 3.05) is 14.2 Å². The molecule has 0 saturated heterocycles. The van der Waals surface area contributed by atoms with Gasteiger partial charge in [0.05, 0.1) is 19.8 Å². The van der Waals surface area contributed by atoms with Crippen molar-refractivity contribution in [1.29, 1.82) is 0 Å². The fourth-order valence-electron chi connectivity index (χ4n) is 2.46. The van der Waals surface area contributed by atoms with Crippen LogP contribution in [0.15, 0.2) is 53.1 Å². The fourth-order valence-corrected chi connectivity index (χ4v) is 2.46. The molecule has 0 radical (unpaired) electrons. The maximum absolute atomic E-state index is 12.2. The Kier molecular flexibility index (Phi) is 6.41. The van der Waals surface area contributed by atoms with Gasteiger partial charge in [0.25, 0.3) is 0 Å². The molecule has 0 aliphatic rings. The summed E-state index contributed by atoms with van der Waals surface area (Å²) in [6.45, 7) is 0.254. The number of para-hydroxylation sites is 1. The van der Waals surface area contributed by atoms with Crippen LogP contribution in [0.4, 0.5) is 0 Å². The van der Waals surface area contributed by atoms with E-state index in [1.165, 1.54) is 7.11 Å². The first-order valence-electron chi connectivity index (χ1n) is 8.64. The normalized spacial score (nSPS) is 10.3. The highest BCUT2D eigenvalue weighted by Gasteiger charge is 2.16. The second-order valence-electron chi connectivity index (χ2n) is 5.81. The molecule has 0 saturated carbocycles. The van der Waals surface area contributed by atoms with E-state index in [1.54, 1.807) is 37.4 Å². The minimum absolute atomic E-state index is 0.000852. The van der Waals surface area contributed by atoms with Crippen molar-refractivity contribution in [2.45, 2.75) is 13.2 Å². The van der Waals surface area contributed by atoms with Crippen molar-refractivity contribution in [1.82, 2.24) is 15.5 Å². The Morgan fingerprint density at radius 1 is 1.07 bits per heavy atom. The average molecular weight is 397 g/mol. The number of rotatable bonds is 8. The molecule has 0 spiro atoms. The Hall–Kier alpha value is -3.88. The summed E-state index contributed by atoms with van der Waals surface area (Å²) in [6, 6.07) is 13.7. The zero-order valence-corrected chi connectivity index (χ0v) is 15.9. The zero-order chi connectivity index (χ0) is 20.6. The summed E-state index contributed by atoms with van der Waals surface area (Å²) < 4.78 is 20.4. The molecule has 1 amide bonds. The van der Waals surface area contributed by atoms with Crippen LogP contribution >= 0.6 is 0 Å². The highest BCUT2D eigenvalue weighted by atomic mass is 16.5. The van der Waals surface area contributed by atoms with Crippen LogP contribution in [-0.2, 0) is 17.9 Å². The van der Waals surface area contributed by atoms with Gasteiger partial charge in [-0.1, -0.05) is 23.4 Å². The first kappa shape index (κ1) is 19.9. The van der Waals surface area contributed by atoms with E-state index < -0.39 is 11.9 Å². The van der Waals surface area contributed by atoms with Crippen molar-refractivity contribution in [3.05, 3.63) is 71.4 Å². The van der Waals surface area contributed by atoms with Crippen LogP contribution in [0.2, 0.25) is 0 Å². The molecule has 29 heavy (non-hydrogen) atoms. The quantitative estimate of drug-likeness (QED) is 0.577.